The molecule has 0 unspecified atom stereocenters. The molecule has 6 heteroatoms. The highest BCUT2D eigenvalue weighted by Crippen LogP contribution is 2.32. The van der Waals surface area contributed by atoms with Crippen LogP contribution < -0.4 is 4.90 Å². The number of rotatable bonds is 2. The minimum absolute atomic E-state index is 0.0147. The lowest BCUT2D eigenvalue weighted by molar-refractivity contribution is 0.312. The lowest BCUT2D eigenvalue weighted by Gasteiger charge is -2.33. The molecule has 0 atom stereocenters. The maximum Gasteiger partial charge on any atom is 0.142 e. The summed E-state index contributed by atoms with van der Waals surface area (Å²) in [7, 11) is 2.09. The predicted molar refractivity (Wildman–Crippen MR) is 105 cm³/mol. The number of hydrogen-bond donors (Lipinski definition) is 1. The number of aromatic hydroxyl groups is 1. The largest absolute Gasteiger partial charge is 0.506 e. The van der Waals surface area contributed by atoms with E-state index in [-0.39, 0.29) is 11.4 Å². The summed E-state index contributed by atoms with van der Waals surface area (Å²) in [5, 5.41) is 10.1. The van der Waals surface area contributed by atoms with Crippen molar-refractivity contribution in [2.45, 2.75) is 20.3 Å². The molecule has 0 saturated carbocycles. The molecule has 2 heterocycles. The van der Waals surface area contributed by atoms with Gasteiger partial charge in [0.2, 0.25) is 0 Å². The Bertz CT molecular complexity index is 703. The zero-order chi connectivity index (χ0) is 18.4. The van der Waals surface area contributed by atoms with E-state index in [0.717, 1.165) is 32.0 Å². The Labute approximate surface area is 157 Å². The molecule has 3 rings (SSSR count). The van der Waals surface area contributed by atoms with Crippen LogP contribution in [0.3, 0.4) is 0 Å². The Morgan fingerprint density at radius 2 is 1.76 bits per heavy atom. The number of halogens is 2. The second kappa shape index (κ2) is 9.15. The van der Waals surface area contributed by atoms with E-state index in [4.69, 9.17) is 0 Å². The molecule has 0 bridgehead atoms. The lowest BCUT2D eigenvalue weighted by atomic mass is 10.1. The van der Waals surface area contributed by atoms with Crippen LogP contribution >= 0.6 is 15.9 Å². The van der Waals surface area contributed by atoms with E-state index in [2.05, 4.69) is 51.6 Å². The van der Waals surface area contributed by atoms with E-state index >= 15 is 0 Å². The Hall–Kier alpha value is -1.66. The molecule has 4 nitrogen and oxygen atoms in total. The van der Waals surface area contributed by atoms with Gasteiger partial charge < -0.3 is 14.9 Å². The lowest BCUT2D eigenvalue weighted by Crippen LogP contribution is -2.44. The summed E-state index contributed by atoms with van der Waals surface area (Å²) < 4.78 is 14.8. The van der Waals surface area contributed by atoms with Crippen LogP contribution in [0.15, 0.2) is 34.8 Å². The van der Waals surface area contributed by atoms with Crippen LogP contribution in [0, 0.1) is 5.82 Å². The smallest absolute Gasteiger partial charge is 0.142 e. The van der Waals surface area contributed by atoms with Crippen LogP contribution in [0.1, 0.15) is 20.3 Å². The quantitative estimate of drug-likeness (QED) is 0.790. The molecule has 136 valence electrons. The highest BCUT2D eigenvalue weighted by molar-refractivity contribution is 9.10. The zero-order valence-electron chi connectivity index (χ0n) is 15.0. The third kappa shape index (κ3) is 5.16. The normalized spacial score (nSPS) is 14.8. The highest BCUT2D eigenvalue weighted by Gasteiger charge is 2.18. The minimum atomic E-state index is -0.410. The van der Waals surface area contributed by atoms with Crippen molar-refractivity contribution >= 4 is 21.7 Å². The van der Waals surface area contributed by atoms with Gasteiger partial charge in [0, 0.05) is 36.2 Å². The number of likely N-dealkylation sites (N-methyl/N-ethyl adjacent to an activating group) is 1. The molecule has 0 aliphatic carbocycles. The predicted octanol–water partition coefficient (Wildman–Crippen LogP) is 4.52. The molecule has 1 aliphatic rings. The molecule has 1 aromatic heterocycles. The number of nitrogens with zero attached hydrogens (tertiary/aromatic N) is 3. The van der Waals surface area contributed by atoms with Crippen molar-refractivity contribution in [3.05, 3.63) is 40.6 Å². The van der Waals surface area contributed by atoms with E-state index < -0.39 is 5.82 Å². The number of hydrogen-bond acceptors (Lipinski definition) is 4. The van der Waals surface area contributed by atoms with Crippen LogP contribution in [0.5, 0.6) is 5.75 Å². The van der Waals surface area contributed by atoms with Crippen LogP contribution in [0.4, 0.5) is 10.2 Å². The molecule has 1 aromatic carbocycles. The summed E-state index contributed by atoms with van der Waals surface area (Å²) in [6.07, 6.45) is 1.25. The van der Waals surface area contributed by atoms with Crippen molar-refractivity contribution in [3.8, 4) is 17.0 Å². The first kappa shape index (κ1) is 19.7. The van der Waals surface area contributed by atoms with Crippen LogP contribution in [-0.4, -0.2) is 48.2 Å². The van der Waals surface area contributed by atoms with Gasteiger partial charge in [-0.05, 0) is 37.4 Å². The van der Waals surface area contributed by atoms with Crippen molar-refractivity contribution in [3.63, 3.8) is 0 Å². The van der Waals surface area contributed by atoms with Crippen LogP contribution in [-0.2, 0) is 0 Å². The summed E-state index contributed by atoms with van der Waals surface area (Å²) >= 11 is 3.23. The van der Waals surface area contributed by atoms with Crippen molar-refractivity contribution < 1.29 is 9.50 Å². The second-order valence-corrected chi connectivity index (χ2v) is 7.07. The average Bonchev–Trinajstić information content (AvgIpc) is 2.57. The monoisotopic (exact) mass is 409 g/mol. The van der Waals surface area contributed by atoms with E-state index in [1.54, 1.807) is 24.3 Å². The summed E-state index contributed by atoms with van der Waals surface area (Å²) in [4.78, 5) is 8.89. The molecule has 0 radical (unpaired) electrons. The van der Waals surface area contributed by atoms with Crippen molar-refractivity contribution in [1.82, 2.24) is 9.88 Å². The fourth-order valence-corrected chi connectivity index (χ4v) is 2.87. The highest BCUT2D eigenvalue weighted by atomic mass is 79.9. The van der Waals surface area contributed by atoms with E-state index in [0.29, 0.717) is 10.0 Å². The third-order valence-corrected chi connectivity index (χ3v) is 4.37. The third-order valence-electron chi connectivity index (χ3n) is 3.87. The summed E-state index contributed by atoms with van der Waals surface area (Å²) in [6, 6.07) is 8.09. The van der Waals surface area contributed by atoms with Gasteiger partial charge in [0.05, 0.1) is 0 Å². The molecule has 1 fully saturated rings. The Balaban J connectivity index is 0.000000701. The van der Waals surface area contributed by atoms with Gasteiger partial charge in [-0.15, -0.1) is 0 Å². The Morgan fingerprint density at radius 3 is 2.36 bits per heavy atom. The zero-order valence-corrected chi connectivity index (χ0v) is 16.6. The molecule has 0 amide bonds. The standard InChI is InChI=1S/C16H17BrFN3O.C3H8/c1-20-6-8-21(9-7-20)15-5-4-14(22)16(19-15)12-3-2-11(17)10-13(12)18;1-3-2/h2-5,10,22H,6-9H2,1H3;3H2,1-2H3. The number of piperazine rings is 1. The molecular weight excluding hydrogens is 385 g/mol. The van der Waals surface area contributed by atoms with Crippen molar-refractivity contribution in [2.24, 2.45) is 0 Å². The first-order valence-corrected chi connectivity index (χ1v) is 9.34. The first-order valence-electron chi connectivity index (χ1n) is 8.55. The van der Waals surface area contributed by atoms with E-state index in [1.165, 1.54) is 12.5 Å². The van der Waals surface area contributed by atoms with Gasteiger partial charge in [0.15, 0.2) is 0 Å². The number of pyridine rings is 1. The Kier molecular flexibility index (Phi) is 7.20. The molecule has 0 spiro atoms. The van der Waals surface area contributed by atoms with Crippen molar-refractivity contribution in [2.75, 3.05) is 38.1 Å². The number of benzene rings is 1. The van der Waals surface area contributed by atoms with Gasteiger partial charge in [-0.2, -0.15) is 0 Å². The fourth-order valence-electron chi connectivity index (χ4n) is 2.53. The molecule has 25 heavy (non-hydrogen) atoms. The number of anilines is 1. The summed E-state index contributed by atoms with van der Waals surface area (Å²) in [6.45, 7) is 7.92. The first-order chi connectivity index (χ1) is 12.0. The maximum absolute atomic E-state index is 14.1. The van der Waals surface area contributed by atoms with Gasteiger partial charge in [0.25, 0.3) is 0 Å². The summed E-state index contributed by atoms with van der Waals surface area (Å²) in [5.41, 5.74) is 0.582. The summed E-state index contributed by atoms with van der Waals surface area (Å²) in [5.74, 6) is 0.343. The van der Waals surface area contributed by atoms with Crippen LogP contribution in [0.25, 0.3) is 11.3 Å². The SMILES string of the molecule is CCC.CN1CCN(c2ccc(O)c(-c3ccc(Br)cc3F)n2)CC1. The van der Waals surface area contributed by atoms with Gasteiger partial charge in [-0.1, -0.05) is 36.2 Å². The van der Waals surface area contributed by atoms with E-state index in [9.17, 15) is 9.50 Å². The van der Waals surface area contributed by atoms with Gasteiger partial charge in [-0.3, -0.25) is 0 Å². The molecule has 2 aromatic rings. The van der Waals surface area contributed by atoms with Crippen LogP contribution in [0.2, 0.25) is 0 Å². The minimum Gasteiger partial charge on any atom is -0.506 e. The molecule has 1 aliphatic heterocycles. The molecule has 1 saturated heterocycles. The topological polar surface area (TPSA) is 39.6 Å². The molecular formula is C19H25BrFN3O. The van der Waals surface area contributed by atoms with Gasteiger partial charge in [-0.25, -0.2) is 9.37 Å². The average molecular weight is 410 g/mol. The fraction of sp³-hybridized carbons (Fsp3) is 0.421. The Morgan fingerprint density at radius 1 is 1.12 bits per heavy atom. The maximum atomic E-state index is 14.1. The van der Waals surface area contributed by atoms with Crippen molar-refractivity contribution in [1.29, 1.82) is 0 Å². The second-order valence-electron chi connectivity index (χ2n) is 6.16. The van der Waals surface area contributed by atoms with Gasteiger partial charge in [0.1, 0.15) is 23.1 Å². The molecule has 1 N–H and O–H groups in total. The van der Waals surface area contributed by atoms with E-state index in [1.807, 2.05) is 0 Å². The van der Waals surface area contributed by atoms with Gasteiger partial charge >= 0.3 is 0 Å². The number of aromatic nitrogens is 1.